The van der Waals surface area contributed by atoms with E-state index in [1.807, 2.05) is 62.8 Å². The van der Waals surface area contributed by atoms with Crippen molar-refractivity contribution in [3.05, 3.63) is 65.7 Å². The number of likely N-dealkylation sites (N-methyl/N-ethyl adjacent to an activating group) is 1. The smallest absolute Gasteiger partial charge is 0.231 e. The Balaban J connectivity index is 1.40. The highest BCUT2D eigenvalue weighted by Gasteiger charge is 2.13. The van der Waals surface area contributed by atoms with Crippen LogP contribution in [-0.2, 0) is 13.0 Å². The van der Waals surface area contributed by atoms with E-state index in [4.69, 9.17) is 9.47 Å². The van der Waals surface area contributed by atoms with Crippen molar-refractivity contribution in [3.63, 3.8) is 0 Å². The van der Waals surface area contributed by atoms with Crippen molar-refractivity contribution in [2.24, 2.45) is 0 Å². The molecule has 28 heavy (non-hydrogen) atoms. The number of nitrogens with one attached hydrogen (secondary N) is 1. The fraction of sp³-hybridized carbons (Fsp3) is 0.286. The summed E-state index contributed by atoms with van der Waals surface area (Å²) in [6, 6.07) is 12.0. The zero-order chi connectivity index (χ0) is 19.3. The van der Waals surface area contributed by atoms with Crippen LogP contribution in [0.2, 0.25) is 0 Å². The molecule has 1 N–H and O–H groups in total. The molecule has 0 aliphatic carbocycles. The number of aryl methyl sites for hydroxylation is 1. The standard InChI is InChI=1S/C21H23N5O2/c1-15-24-20(23-13-17-3-4-18-19(11-17)28-14-27-18)12-21(25-15)26(2)10-7-16-5-8-22-9-6-16/h3-6,8-9,11-12H,7,10,13-14H2,1-2H3,(H,23,24,25). The number of benzene rings is 1. The van der Waals surface area contributed by atoms with Crippen LogP contribution in [0, 0.1) is 6.92 Å². The second-order valence-corrected chi connectivity index (χ2v) is 6.73. The van der Waals surface area contributed by atoms with Crippen LogP contribution in [0.25, 0.3) is 0 Å². The van der Waals surface area contributed by atoms with Gasteiger partial charge in [0.1, 0.15) is 17.5 Å². The molecule has 7 nitrogen and oxygen atoms in total. The van der Waals surface area contributed by atoms with Crippen molar-refractivity contribution < 1.29 is 9.47 Å². The van der Waals surface area contributed by atoms with E-state index in [9.17, 15) is 0 Å². The molecule has 0 saturated carbocycles. The molecule has 1 aliphatic rings. The summed E-state index contributed by atoms with van der Waals surface area (Å²) in [5.41, 5.74) is 2.36. The lowest BCUT2D eigenvalue weighted by molar-refractivity contribution is 0.174. The minimum Gasteiger partial charge on any atom is -0.454 e. The first-order valence-electron chi connectivity index (χ1n) is 9.25. The van der Waals surface area contributed by atoms with E-state index in [0.29, 0.717) is 6.54 Å². The summed E-state index contributed by atoms with van der Waals surface area (Å²) < 4.78 is 10.8. The Kier molecular flexibility index (Phi) is 5.23. The summed E-state index contributed by atoms with van der Waals surface area (Å²) in [6.45, 7) is 3.70. The van der Waals surface area contributed by atoms with E-state index in [-0.39, 0.29) is 6.79 Å². The van der Waals surface area contributed by atoms with Gasteiger partial charge in [-0.2, -0.15) is 0 Å². The molecular formula is C21H23N5O2. The van der Waals surface area contributed by atoms with Crippen LogP contribution in [-0.4, -0.2) is 35.3 Å². The maximum atomic E-state index is 5.44. The first-order chi connectivity index (χ1) is 13.7. The van der Waals surface area contributed by atoms with E-state index >= 15 is 0 Å². The molecule has 4 rings (SSSR count). The number of hydrogen-bond acceptors (Lipinski definition) is 7. The van der Waals surface area contributed by atoms with Crippen molar-refractivity contribution in [2.45, 2.75) is 19.9 Å². The highest BCUT2D eigenvalue weighted by Crippen LogP contribution is 2.32. The molecule has 0 fully saturated rings. The third-order valence-electron chi connectivity index (χ3n) is 4.61. The highest BCUT2D eigenvalue weighted by atomic mass is 16.7. The number of rotatable bonds is 7. The Morgan fingerprint density at radius 3 is 2.68 bits per heavy atom. The number of hydrogen-bond donors (Lipinski definition) is 1. The monoisotopic (exact) mass is 377 g/mol. The summed E-state index contributed by atoms with van der Waals surface area (Å²) in [5, 5.41) is 3.38. The Hall–Kier alpha value is -3.35. The van der Waals surface area contributed by atoms with Gasteiger partial charge in [0.2, 0.25) is 6.79 Å². The number of anilines is 2. The van der Waals surface area contributed by atoms with Gasteiger partial charge in [0.25, 0.3) is 0 Å². The lowest BCUT2D eigenvalue weighted by atomic mass is 10.2. The number of aromatic nitrogens is 3. The van der Waals surface area contributed by atoms with Crippen molar-refractivity contribution in [1.29, 1.82) is 0 Å². The average molecular weight is 377 g/mol. The van der Waals surface area contributed by atoms with Gasteiger partial charge >= 0.3 is 0 Å². The van der Waals surface area contributed by atoms with Crippen LogP contribution < -0.4 is 19.7 Å². The molecular weight excluding hydrogens is 354 g/mol. The van der Waals surface area contributed by atoms with Gasteiger partial charge in [-0.1, -0.05) is 6.07 Å². The summed E-state index contributed by atoms with van der Waals surface area (Å²) in [4.78, 5) is 15.3. The molecule has 0 amide bonds. The van der Waals surface area contributed by atoms with Crippen molar-refractivity contribution >= 4 is 11.6 Å². The molecule has 2 aromatic heterocycles. The molecule has 0 bridgehead atoms. The molecule has 1 aliphatic heterocycles. The Labute approximate surface area is 164 Å². The summed E-state index contributed by atoms with van der Waals surface area (Å²) in [6.07, 6.45) is 4.58. The third-order valence-corrected chi connectivity index (χ3v) is 4.61. The van der Waals surface area contributed by atoms with Gasteiger partial charge in [-0.3, -0.25) is 4.98 Å². The molecule has 144 valence electrons. The fourth-order valence-electron chi connectivity index (χ4n) is 3.04. The minimum atomic E-state index is 0.284. The zero-order valence-corrected chi connectivity index (χ0v) is 16.1. The Bertz CT molecular complexity index is 949. The minimum absolute atomic E-state index is 0.284. The second-order valence-electron chi connectivity index (χ2n) is 6.73. The molecule has 0 radical (unpaired) electrons. The van der Waals surface area contributed by atoms with E-state index in [1.165, 1.54) is 5.56 Å². The lowest BCUT2D eigenvalue weighted by Gasteiger charge is -2.19. The van der Waals surface area contributed by atoms with Crippen LogP contribution in [0.15, 0.2) is 48.8 Å². The second kappa shape index (κ2) is 8.12. The number of fused-ring (bicyclic) bond motifs is 1. The Morgan fingerprint density at radius 1 is 1.00 bits per heavy atom. The molecule has 3 aromatic rings. The average Bonchev–Trinajstić information content (AvgIpc) is 3.19. The summed E-state index contributed by atoms with van der Waals surface area (Å²) in [7, 11) is 2.05. The normalized spacial score (nSPS) is 12.1. The molecule has 1 aromatic carbocycles. The van der Waals surface area contributed by atoms with Crippen molar-refractivity contribution in [1.82, 2.24) is 15.0 Å². The predicted octanol–water partition coefficient (Wildman–Crippen LogP) is 3.20. The van der Waals surface area contributed by atoms with Gasteiger partial charge in [-0.05, 0) is 48.7 Å². The van der Waals surface area contributed by atoms with Crippen LogP contribution >= 0.6 is 0 Å². The van der Waals surface area contributed by atoms with E-state index in [1.54, 1.807) is 0 Å². The maximum Gasteiger partial charge on any atom is 0.231 e. The lowest BCUT2D eigenvalue weighted by Crippen LogP contribution is -2.22. The summed E-state index contributed by atoms with van der Waals surface area (Å²) >= 11 is 0. The molecule has 7 heteroatoms. The number of ether oxygens (including phenoxy) is 2. The van der Waals surface area contributed by atoms with Gasteiger partial charge in [0.15, 0.2) is 11.5 Å². The molecule has 0 unspecified atom stereocenters. The molecule has 0 atom stereocenters. The maximum absolute atomic E-state index is 5.44. The van der Waals surface area contributed by atoms with Crippen LogP contribution in [0.5, 0.6) is 11.5 Å². The van der Waals surface area contributed by atoms with Gasteiger partial charge in [0, 0.05) is 38.6 Å². The van der Waals surface area contributed by atoms with Gasteiger partial charge < -0.3 is 19.7 Å². The van der Waals surface area contributed by atoms with E-state index in [2.05, 4.69) is 25.2 Å². The van der Waals surface area contributed by atoms with Crippen LogP contribution in [0.4, 0.5) is 11.6 Å². The van der Waals surface area contributed by atoms with E-state index in [0.717, 1.165) is 47.5 Å². The first kappa shape index (κ1) is 18.0. The van der Waals surface area contributed by atoms with Crippen molar-refractivity contribution in [2.75, 3.05) is 30.6 Å². The van der Waals surface area contributed by atoms with Gasteiger partial charge in [-0.15, -0.1) is 0 Å². The fourth-order valence-corrected chi connectivity index (χ4v) is 3.04. The number of nitrogens with zero attached hydrogens (tertiary/aromatic N) is 4. The largest absolute Gasteiger partial charge is 0.454 e. The topological polar surface area (TPSA) is 72.4 Å². The van der Waals surface area contributed by atoms with Gasteiger partial charge in [0.05, 0.1) is 0 Å². The number of pyridine rings is 1. The van der Waals surface area contributed by atoms with E-state index < -0.39 is 0 Å². The molecule has 0 spiro atoms. The third kappa shape index (κ3) is 4.31. The SMILES string of the molecule is Cc1nc(NCc2ccc3c(c2)OCO3)cc(N(C)CCc2ccncc2)n1. The zero-order valence-electron chi connectivity index (χ0n) is 16.1. The Morgan fingerprint density at radius 2 is 1.82 bits per heavy atom. The van der Waals surface area contributed by atoms with Crippen LogP contribution in [0.1, 0.15) is 17.0 Å². The van der Waals surface area contributed by atoms with Crippen molar-refractivity contribution in [3.8, 4) is 11.5 Å². The van der Waals surface area contributed by atoms with Gasteiger partial charge in [-0.25, -0.2) is 9.97 Å². The first-order valence-corrected chi connectivity index (χ1v) is 9.25. The van der Waals surface area contributed by atoms with Crippen LogP contribution in [0.3, 0.4) is 0 Å². The highest BCUT2D eigenvalue weighted by molar-refractivity contribution is 5.50. The predicted molar refractivity (Wildman–Crippen MR) is 108 cm³/mol. The quantitative estimate of drug-likeness (QED) is 0.678. The molecule has 3 heterocycles. The summed E-state index contributed by atoms with van der Waals surface area (Å²) in [5.74, 6) is 4.02. The molecule has 0 saturated heterocycles.